The van der Waals surface area contributed by atoms with E-state index in [4.69, 9.17) is 0 Å². The highest BCUT2D eigenvalue weighted by molar-refractivity contribution is 14.0. The van der Waals surface area contributed by atoms with Gasteiger partial charge < -0.3 is 10.6 Å². The number of rotatable bonds is 10. The zero-order valence-electron chi connectivity index (χ0n) is 18.1. The SMILES string of the molecule is CCNC(=NCc1ccccc1-n1nc(C)cc1C)NCCCNS(=O)(=O)CC.I. The minimum atomic E-state index is -3.14. The van der Waals surface area contributed by atoms with Crippen molar-refractivity contribution in [3.63, 3.8) is 0 Å². The van der Waals surface area contributed by atoms with Gasteiger partial charge in [0.05, 0.1) is 23.7 Å². The van der Waals surface area contributed by atoms with Gasteiger partial charge in [-0.05, 0) is 51.8 Å². The second-order valence-corrected chi connectivity index (χ2v) is 8.84. The van der Waals surface area contributed by atoms with E-state index in [9.17, 15) is 8.42 Å². The van der Waals surface area contributed by atoms with Gasteiger partial charge >= 0.3 is 0 Å². The van der Waals surface area contributed by atoms with Crippen LogP contribution in [0.5, 0.6) is 0 Å². The zero-order chi connectivity index (χ0) is 21.3. The molecule has 0 saturated heterocycles. The summed E-state index contributed by atoms with van der Waals surface area (Å²) in [7, 11) is -3.14. The molecule has 1 aromatic heterocycles. The first-order chi connectivity index (χ1) is 13.9. The van der Waals surface area contributed by atoms with Gasteiger partial charge in [-0.25, -0.2) is 22.8 Å². The lowest BCUT2D eigenvalue weighted by molar-refractivity contribution is 0.579. The number of aliphatic imine (C=N–C) groups is 1. The summed E-state index contributed by atoms with van der Waals surface area (Å²) in [5, 5.41) is 11.1. The fraction of sp³-hybridized carbons (Fsp3) is 0.500. The van der Waals surface area contributed by atoms with Gasteiger partial charge in [0.2, 0.25) is 10.0 Å². The fourth-order valence-electron chi connectivity index (χ4n) is 2.85. The highest BCUT2D eigenvalue weighted by Gasteiger charge is 2.09. The highest BCUT2D eigenvalue weighted by atomic mass is 127. The Morgan fingerprint density at radius 1 is 1.13 bits per heavy atom. The van der Waals surface area contributed by atoms with Crippen molar-refractivity contribution < 1.29 is 8.42 Å². The molecule has 1 aromatic carbocycles. The maximum absolute atomic E-state index is 11.5. The van der Waals surface area contributed by atoms with E-state index in [1.807, 2.05) is 43.7 Å². The van der Waals surface area contributed by atoms with E-state index in [1.165, 1.54) is 0 Å². The Bertz CT molecular complexity index is 927. The average Bonchev–Trinajstić information content (AvgIpc) is 3.03. The van der Waals surface area contributed by atoms with Crippen LogP contribution in [-0.4, -0.2) is 49.5 Å². The van der Waals surface area contributed by atoms with Crippen molar-refractivity contribution in [1.29, 1.82) is 0 Å². The van der Waals surface area contributed by atoms with Crippen LogP contribution in [-0.2, 0) is 16.6 Å². The monoisotopic (exact) mass is 548 g/mol. The van der Waals surface area contributed by atoms with Crippen molar-refractivity contribution >= 4 is 40.0 Å². The summed E-state index contributed by atoms with van der Waals surface area (Å²) >= 11 is 0. The molecule has 0 saturated carbocycles. The predicted molar refractivity (Wildman–Crippen MR) is 133 cm³/mol. The molecule has 0 aliphatic rings. The minimum absolute atomic E-state index is 0. The number of nitrogens with zero attached hydrogens (tertiary/aromatic N) is 3. The van der Waals surface area contributed by atoms with E-state index in [2.05, 4.69) is 37.6 Å². The van der Waals surface area contributed by atoms with Gasteiger partial charge in [-0.1, -0.05) is 18.2 Å². The molecule has 0 unspecified atom stereocenters. The molecule has 0 atom stereocenters. The second-order valence-electron chi connectivity index (χ2n) is 6.74. The van der Waals surface area contributed by atoms with E-state index in [0.717, 1.165) is 29.2 Å². The summed E-state index contributed by atoms with van der Waals surface area (Å²) in [5.41, 5.74) is 4.16. The number of benzene rings is 1. The van der Waals surface area contributed by atoms with Crippen LogP contribution < -0.4 is 15.4 Å². The molecule has 2 aromatic rings. The lowest BCUT2D eigenvalue weighted by atomic mass is 10.2. The first-order valence-corrected chi connectivity index (χ1v) is 11.6. The number of nitrogens with one attached hydrogen (secondary N) is 3. The number of hydrogen-bond acceptors (Lipinski definition) is 4. The van der Waals surface area contributed by atoms with Gasteiger partial charge in [0.25, 0.3) is 0 Å². The smallest absolute Gasteiger partial charge is 0.211 e. The molecule has 0 aliphatic heterocycles. The van der Waals surface area contributed by atoms with Crippen LogP contribution in [0.3, 0.4) is 0 Å². The first-order valence-electron chi connectivity index (χ1n) is 9.97. The number of para-hydroxylation sites is 1. The summed E-state index contributed by atoms with van der Waals surface area (Å²) in [4.78, 5) is 4.68. The Balaban J connectivity index is 0.00000450. The molecule has 0 amide bonds. The van der Waals surface area contributed by atoms with Gasteiger partial charge in [-0.2, -0.15) is 5.10 Å². The second kappa shape index (κ2) is 12.9. The molecular weight excluding hydrogens is 515 g/mol. The number of guanidine groups is 1. The van der Waals surface area contributed by atoms with Crippen LogP contribution >= 0.6 is 24.0 Å². The molecule has 30 heavy (non-hydrogen) atoms. The van der Waals surface area contributed by atoms with E-state index in [-0.39, 0.29) is 29.7 Å². The summed E-state index contributed by atoms with van der Waals surface area (Å²) in [6, 6.07) is 10.2. The topological polar surface area (TPSA) is 100 Å². The summed E-state index contributed by atoms with van der Waals surface area (Å²) < 4.78 is 27.4. The number of aryl methyl sites for hydroxylation is 2. The summed E-state index contributed by atoms with van der Waals surface area (Å²) in [6.45, 7) is 9.94. The third-order valence-corrected chi connectivity index (χ3v) is 5.73. The van der Waals surface area contributed by atoms with Crippen LogP contribution in [0.15, 0.2) is 35.3 Å². The number of aromatic nitrogens is 2. The van der Waals surface area contributed by atoms with Crippen molar-refractivity contribution in [1.82, 2.24) is 25.1 Å². The van der Waals surface area contributed by atoms with Gasteiger partial charge in [-0.3, -0.25) is 0 Å². The predicted octanol–water partition coefficient (Wildman–Crippen LogP) is 2.49. The molecule has 2 rings (SSSR count). The van der Waals surface area contributed by atoms with Gasteiger partial charge in [0, 0.05) is 25.3 Å². The highest BCUT2D eigenvalue weighted by Crippen LogP contribution is 2.17. The van der Waals surface area contributed by atoms with E-state index in [0.29, 0.717) is 32.0 Å². The number of hydrogen-bond donors (Lipinski definition) is 3. The third kappa shape index (κ3) is 8.23. The Labute approximate surface area is 197 Å². The van der Waals surface area contributed by atoms with Crippen molar-refractivity contribution in [3.05, 3.63) is 47.3 Å². The fourth-order valence-corrected chi connectivity index (χ4v) is 3.51. The van der Waals surface area contributed by atoms with Gasteiger partial charge in [0.15, 0.2) is 5.96 Å². The van der Waals surface area contributed by atoms with Crippen LogP contribution in [0.4, 0.5) is 0 Å². The van der Waals surface area contributed by atoms with Crippen molar-refractivity contribution in [3.8, 4) is 5.69 Å². The molecular formula is C20H33IN6O2S. The van der Waals surface area contributed by atoms with E-state index < -0.39 is 10.0 Å². The Morgan fingerprint density at radius 2 is 1.87 bits per heavy atom. The van der Waals surface area contributed by atoms with Gasteiger partial charge in [0.1, 0.15) is 0 Å². The van der Waals surface area contributed by atoms with Gasteiger partial charge in [-0.15, -0.1) is 24.0 Å². The summed E-state index contributed by atoms with van der Waals surface area (Å²) in [5.74, 6) is 0.799. The molecule has 0 bridgehead atoms. The molecule has 0 fully saturated rings. The van der Waals surface area contributed by atoms with Crippen molar-refractivity contribution in [2.75, 3.05) is 25.4 Å². The van der Waals surface area contributed by atoms with E-state index >= 15 is 0 Å². The molecule has 0 spiro atoms. The number of sulfonamides is 1. The minimum Gasteiger partial charge on any atom is -0.357 e. The summed E-state index contributed by atoms with van der Waals surface area (Å²) in [6.07, 6.45) is 0.673. The maximum atomic E-state index is 11.5. The Morgan fingerprint density at radius 3 is 2.50 bits per heavy atom. The van der Waals surface area contributed by atoms with Crippen LogP contribution in [0.25, 0.3) is 5.69 Å². The molecule has 168 valence electrons. The van der Waals surface area contributed by atoms with Crippen LogP contribution in [0.1, 0.15) is 37.2 Å². The average molecular weight is 548 g/mol. The normalized spacial score (nSPS) is 11.8. The van der Waals surface area contributed by atoms with Crippen LogP contribution in [0.2, 0.25) is 0 Å². The quantitative estimate of drug-likeness (QED) is 0.183. The Hall–Kier alpha value is -1.66. The number of halogens is 1. The van der Waals surface area contributed by atoms with Crippen molar-refractivity contribution in [2.45, 2.75) is 40.7 Å². The largest absolute Gasteiger partial charge is 0.357 e. The molecule has 1 heterocycles. The lowest BCUT2D eigenvalue weighted by Gasteiger charge is -2.13. The standard InChI is InChI=1S/C20H32N6O2S.HI/c1-5-21-20(22-12-9-13-24-29(27,28)6-2)23-15-18-10-7-8-11-19(18)26-17(4)14-16(3)25-26;/h7-8,10-11,14,24H,5-6,9,12-13,15H2,1-4H3,(H2,21,22,23);1H. The Kier molecular flexibility index (Phi) is 11.3. The molecule has 0 aliphatic carbocycles. The maximum Gasteiger partial charge on any atom is 0.211 e. The van der Waals surface area contributed by atoms with Crippen molar-refractivity contribution in [2.24, 2.45) is 4.99 Å². The molecule has 8 nitrogen and oxygen atoms in total. The zero-order valence-corrected chi connectivity index (χ0v) is 21.3. The lowest BCUT2D eigenvalue weighted by Crippen LogP contribution is -2.38. The molecule has 0 radical (unpaired) electrons. The van der Waals surface area contributed by atoms with Crippen LogP contribution in [0, 0.1) is 13.8 Å². The third-order valence-electron chi connectivity index (χ3n) is 4.33. The first kappa shape index (κ1) is 26.4. The van der Waals surface area contributed by atoms with E-state index in [1.54, 1.807) is 6.92 Å². The molecule has 3 N–H and O–H groups in total. The molecule has 10 heteroatoms.